The number of carboxylic acids is 1. The van der Waals surface area contributed by atoms with Crippen LogP contribution < -0.4 is 18.9 Å². The van der Waals surface area contributed by atoms with E-state index in [1.54, 1.807) is 31.0 Å². The first-order chi connectivity index (χ1) is 21.2. The number of hydrogen-bond acceptors (Lipinski definition) is 4. The zero-order valence-electron chi connectivity index (χ0n) is 29.5. The number of benzene rings is 2. The largest absolute Gasteiger partial charge is 1.00 e. The predicted octanol–water partition coefficient (Wildman–Crippen LogP) is 6.55. The molecule has 2 aromatic carbocycles. The third-order valence-corrected chi connectivity index (χ3v) is 8.55. The molecule has 0 saturated heterocycles. The zero-order chi connectivity index (χ0) is 33.8. The first-order valence-electron chi connectivity index (χ1n) is 16.1. The van der Waals surface area contributed by atoms with Crippen molar-refractivity contribution >= 4 is 17.6 Å². The number of nitrogens with zero attached hydrogens (tertiary/aromatic N) is 2. The summed E-state index contributed by atoms with van der Waals surface area (Å²) in [5, 5.41) is 10.9. The molecular weight excluding hydrogens is 601 g/mol. The van der Waals surface area contributed by atoms with Crippen molar-refractivity contribution in [2.75, 3.05) is 26.7 Å². The van der Waals surface area contributed by atoms with E-state index in [9.17, 15) is 14.3 Å². The fourth-order valence-electron chi connectivity index (χ4n) is 6.45. The van der Waals surface area contributed by atoms with Crippen molar-refractivity contribution in [3.63, 3.8) is 0 Å². The number of ether oxygens (including phenoxy) is 1. The minimum atomic E-state index is -1.00. The molecule has 1 fully saturated rings. The van der Waals surface area contributed by atoms with Crippen LogP contribution in [-0.4, -0.2) is 59.8 Å². The molecule has 2 atom stereocenters. The van der Waals surface area contributed by atoms with E-state index in [4.69, 9.17) is 16.3 Å². The van der Waals surface area contributed by atoms with Gasteiger partial charge in [-0.2, -0.15) is 27.7 Å². The molecule has 254 valence electrons. The van der Waals surface area contributed by atoms with Gasteiger partial charge in [0.15, 0.2) is 0 Å². The molecule has 0 radical (unpaired) electrons. The van der Waals surface area contributed by atoms with Crippen molar-refractivity contribution in [2.24, 2.45) is 0 Å². The van der Waals surface area contributed by atoms with E-state index < -0.39 is 12.0 Å². The summed E-state index contributed by atoms with van der Waals surface area (Å²) in [7, 11) is 1.77. The number of carbonyl (C=O) groups is 1. The van der Waals surface area contributed by atoms with E-state index in [0.29, 0.717) is 47.8 Å². The Morgan fingerprint density at radius 2 is 1.70 bits per heavy atom. The summed E-state index contributed by atoms with van der Waals surface area (Å²) in [6.45, 7) is 19.3. The first kappa shape index (κ1) is 42.6. The maximum atomic E-state index is 15.1. The summed E-state index contributed by atoms with van der Waals surface area (Å²) in [6.07, 6.45) is 6.10. The molecule has 0 spiro atoms. The van der Waals surface area contributed by atoms with Gasteiger partial charge in [0, 0.05) is 23.2 Å². The summed E-state index contributed by atoms with van der Waals surface area (Å²) in [5.41, 5.74) is 2.39. The molecule has 0 aliphatic heterocycles. The Labute approximate surface area is 294 Å². The van der Waals surface area contributed by atoms with Gasteiger partial charge in [0.05, 0.1) is 12.2 Å². The Bertz CT molecular complexity index is 1210. The minimum Gasteiger partial charge on any atom is -0.480 e. The number of rotatable bonds is 14. The Kier molecular flexibility index (Phi) is 19.2. The van der Waals surface area contributed by atoms with Gasteiger partial charge >= 0.3 is 24.8 Å². The maximum absolute atomic E-state index is 15.1. The molecule has 9 heteroatoms. The fraction of sp³-hybridized carbons (Fsp3) is 0.568. The van der Waals surface area contributed by atoms with Crippen LogP contribution in [0.5, 0.6) is 0 Å². The van der Waals surface area contributed by atoms with Gasteiger partial charge in [-0.05, 0) is 107 Å². The van der Waals surface area contributed by atoms with Crippen LogP contribution in [0.2, 0.25) is 5.02 Å². The molecule has 1 aliphatic carbocycles. The van der Waals surface area contributed by atoms with E-state index in [1.165, 1.54) is 18.2 Å². The van der Waals surface area contributed by atoms with Crippen LogP contribution in [0.3, 0.4) is 0 Å². The minimum absolute atomic E-state index is 0. The van der Waals surface area contributed by atoms with Crippen molar-refractivity contribution < 1.29 is 42.3 Å². The van der Waals surface area contributed by atoms with Crippen molar-refractivity contribution in [1.82, 2.24) is 9.80 Å². The molecule has 2 aromatic rings. The SMILES string of the molecule is C[CH-]C.[CH2-]CN(C[C-](C)C)[C@@H](CCN(C)C(C(=O)O)c1ccc(F)c(C)c1C1CCC(OC(C)C)CC1)c1cc(Cl)ccc1F.[Li+]. The van der Waals surface area contributed by atoms with Crippen LogP contribution in [0, 0.1) is 37.8 Å². The predicted molar refractivity (Wildman–Crippen MR) is 181 cm³/mol. The zero-order valence-corrected chi connectivity index (χ0v) is 30.3. The average molecular weight is 655 g/mol. The Morgan fingerprint density at radius 1 is 1.11 bits per heavy atom. The molecule has 1 unspecified atom stereocenters. The Balaban J connectivity index is 0.00000254. The van der Waals surface area contributed by atoms with E-state index in [1.807, 2.05) is 48.0 Å². The van der Waals surface area contributed by atoms with Crippen molar-refractivity contribution in [3.05, 3.63) is 88.5 Å². The molecule has 5 nitrogen and oxygen atoms in total. The second-order valence-corrected chi connectivity index (χ2v) is 13.2. The standard InChI is InChI=1S/C34H47ClF2N2O3.C3H7.Li/c1-8-39(20-21(2)3)31(28-19-25(35)11-15-30(28)37)17-18-38(7)33(34(40)41)27-14-16-29(36)23(6)32(27)24-9-12-26(13-10-24)42-22(4)5;1-3-2;/h11,14-16,19,22,24,26,31,33H,1,8-10,12-13,17-18,20H2,2-7H3,(H,40,41);3H,1-2H3;/q-2;-1;+1/t24?,26?,31-,33?;;/m0../s1. The second-order valence-electron chi connectivity index (χ2n) is 12.8. The molecule has 0 amide bonds. The van der Waals surface area contributed by atoms with E-state index in [-0.39, 0.29) is 54.7 Å². The average Bonchev–Trinajstić information content (AvgIpc) is 2.96. The number of hydrogen-bond donors (Lipinski definition) is 1. The summed E-state index contributed by atoms with van der Waals surface area (Å²) in [5.74, 6) is -0.477. The van der Waals surface area contributed by atoms with E-state index >= 15 is 4.39 Å². The monoisotopic (exact) mass is 654 g/mol. The molecule has 1 saturated carbocycles. The van der Waals surface area contributed by atoms with Gasteiger partial charge in [0.2, 0.25) is 0 Å². The summed E-state index contributed by atoms with van der Waals surface area (Å²) in [4.78, 5) is 16.7. The topological polar surface area (TPSA) is 53.0 Å². The van der Waals surface area contributed by atoms with Crippen molar-refractivity contribution in [3.8, 4) is 0 Å². The normalized spacial score (nSPS) is 17.9. The van der Waals surface area contributed by atoms with Crippen LogP contribution in [0.15, 0.2) is 30.3 Å². The molecule has 0 bridgehead atoms. The van der Waals surface area contributed by atoms with Gasteiger partial charge in [-0.3, -0.25) is 9.69 Å². The number of likely N-dealkylation sites (N-methyl/N-ethyl adjacent to an activating group) is 1. The Morgan fingerprint density at radius 3 is 2.22 bits per heavy atom. The summed E-state index contributed by atoms with van der Waals surface area (Å²) in [6, 6.07) is 6.20. The van der Waals surface area contributed by atoms with Gasteiger partial charge in [0.1, 0.15) is 17.7 Å². The molecule has 3 rings (SSSR count). The van der Waals surface area contributed by atoms with E-state index in [0.717, 1.165) is 37.2 Å². The third kappa shape index (κ3) is 12.2. The van der Waals surface area contributed by atoms with Crippen LogP contribution in [0.4, 0.5) is 8.78 Å². The van der Waals surface area contributed by atoms with Gasteiger partial charge < -0.3 is 34.0 Å². The van der Waals surface area contributed by atoms with Crippen LogP contribution >= 0.6 is 11.6 Å². The third-order valence-electron chi connectivity index (χ3n) is 8.32. The van der Waals surface area contributed by atoms with Gasteiger partial charge in [-0.25, -0.2) is 8.78 Å². The number of aliphatic carboxylic acids is 1. The van der Waals surface area contributed by atoms with Crippen molar-refractivity contribution in [1.29, 1.82) is 0 Å². The molecule has 0 heterocycles. The van der Waals surface area contributed by atoms with Gasteiger partial charge in [-0.15, -0.1) is 13.1 Å². The van der Waals surface area contributed by atoms with E-state index in [2.05, 4.69) is 11.8 Å². The molecule has 1 N–H and O–H groups in total. The quantitative estimate of drug-likeness (QED) is 0.185. The van der Waals surface area contributed by atoms with Crippen LogP contribution in [0.25, 0.3) is 0 Å². The fourth-order valence-corrected chi connectivity index (χ4v) is 6.63. The van der Waals surface area contributed by atoms with Crippen LogP contribution in [-0.2, 0) is 9.53 Å². The first-order valence-corrected chi connectivity index (χ1v) is 16.5. The van der Waals surface area contributed by atoms with Crippen LogP contribution in [0.1, 0.15) is 114 Å². The van der Waals surface area contributed by atoms with Crippen molar-refractivity contribution in [2.45, 2.75) is 111 Å². The number of carboxylic acid groups (broad SMARTS) is 1. The number of halogens is 3. The summed E-state index contributed by atoms with van der Waals surface area (Å²) >= 11 is 6.27. The Hall–Kier alpha value is -1.46. The maximum Gasteiger partial charge on any atom is 1.00 e. The molecule has 1 aliphatic rings. The molecular formula is C37H54ClF2LiN2O3-2. The second kappa shape index (κ2) is 20.8. The molecule has 0 aromatic heterocycles. The summed E-state index contributed by atoms with van der Waals surface area (Å²) < 4.78 is 36.1. The van der Waals surface area contributed by atoms with Gasteiger partial charge in [0.25, 0.3) is 0 Å². The van der Waals surface area contributed by atoms with Gasteiger partial charge in [-0.1, -0.05) is 17.7 Å². The smallest absolute Gasteiger partial charge is 0.480 e. The molecule has 46 heavy (non-hydrogen) atoms.